The van der Waals surface area contributed by atoms with E-state index in [2.05, 4.69) is 0 Å². The van der Waals surface area contributed by atoms with Gasteiger partial charge >= 0.3 is 0 Å². The van der Waals surface area contributed by atoms with E-state index < -0.39 is 20.0 Å². The van der Waals surface area contributed by atoms with Gasteiger partial charge in [0.1, 0.15) is 0 Å². The Bertz CT molecular complexity index is 767. The summed E-state index contributed by atoms with van der Waals surface area (Å²) < 4.78 is 25.2. The van der Waals surface area contributed by atoms with E-state index in [-0.39, 0.29) is 16.1 Å². The molecule has 0 amide bonds. The highest BCUT2D eigenvalue weighted by Gasteiger charge is 2.30. The molecule has 0 heterocycles. The van der Waals surface area contributed by atoms with Crippen LogP contribution < -0.4 is 0 Å². The number of rotatable bonds is 4. The van der Waals surface area contributed by atoms with Crippen LogP contribution in [-0.4, -0.2) is 13.3 Å². The predicted molar refractivity (Wildman–Crippen MR) is 79.9 cm³/mol. The maximum absolute atomic E-state index is 12.6. The van der Waals surface area contributed by atoms with Crippen LogP contribution in [0.2, 0.25) is 0 Å². The van der Waals surface area contributed by atoms with Crippen molar-refractivity contribution < 1.29 is 13.3 Å². The van der Waals surface area contributed by atoms with Gasteiger partial charge in [-0.15, -0.1) is 0 Å². The molecule has 0 N–H and O–H groups in total. The van der Waals surface area contributed by atoms with E-state index in [4.69, 9.17) is 0 Å². The minimum Gasteiger partial charge on any atom is -0.258 e. The molecule has 0 saturated carbocycles. The number of aryl methyl sites for hydroxylation is 1. The topological polar surface area (TPSA) is 77.3 Å². The first kappa shape index (κ1) is 15.2. The molecule has 2 rings (SSSR count). The zero-order chi connectivity index (χ0) is 15.6. The SMILES string of the molecule is Cc1ccc(S(=O)(=O)[C@@H](C)c2ccccc2[N+](=O)[O-])cc1. The van der Waals surface area contributed by atoms with Crippen LogP contribution in [0.25, 0.3) is 0 Å². The van der Waals surface area contributed by atoms with Crippen LogP contribution in [0, 0.1) is 17.0 Å². The largest absolute Gasteiger partial charge is 0.273 e. The third kappa shape index (κ3) is 2.95. The standard InChI is InChI=1S/C15H15NO4S/c1-11-7-9-13(10-8-11)21(19,20)12(2)14-5-3-4-6-15(14)16(17)18/h3-10,12H,1-2H3/t12-/m0/s1. The lowest BCUT2D eigenvalue weighted by Crippen LogP contribution is -2.12. The van der Waals surface area contributed by atoms with Crippen LogP contribution in [0.15, 0.2) is 53.4 Å². The Balaban J connectivity index is 2.51. The predicted octanol–water partition coefficient (Wildman–Crippen LogP) is 3.44. The average Bonchev–Trinajstić information content (AvgIpc) is 2.46. The summed E-state index contributed by atoms with van der Waals surface area (Å²) in [7, 11) is -3.67. The number of para-hydroxylation sites is 1. The van der Waals surface area contributed by atoms with Crippen LogP contribution >= 0.6 is 0 Å². The number of benzene rings is 2. The molecular formula is C15H15NO4S. The average molecular weight is 305 g/mol. The maximum Gasteiger partial charge on any atom is 0.273 e. The van der Waals surface area contributed by atoms with Crippen molar-refractivity contribution in [1.29, 1.82) is 0 Å². The second-order valence-corrected chi connectivity index (χ2v) is 7.08. The molecule has 1 atom stereocenters. The normalized spacial score (nSPS) is 12.9. The quantitative estimate of drug-likeness (QED) is 0.640. The lowest BCUT2D eigenvalue weighted by molar-refractivity contribution is -0.385. The summed E-state index contributed by atoms with van der Waals surface area (Å²) in [6.45, 7) is 3.33. The van der Waals surface area contributed by atoms with Crippen molar-refractivity contribution in [2.24, 2.45) is 0 Å². The fraction of sp³-hybridized carbons (Fsp3) is 0.200. The summed E-state index contributed by atoms with van der Waals surface area (Å²) in [5.74, 6) is 0. The van der Waals surface area contributed by atoms with Crippen LogP contribution in [0.5, 0.6) is 0 Å². The Morgan fingerprint density at radius 1 is 1.05 bits per heavy atom. The van der Waals surface area contributed by atoms with Crippen LogP contribution in [0.3, 0.4) is 0 Å². The smallest absolute Gasteiger partial charge is 0.258 e. The van der Waals surface area contributed by atoms with Crippen molar-refractivity contribution in [3.8, 4) is 0 Å². The number of hydrogen-bond acceptors (Lipinski definition) is 4. The molecule has 21 heavy (non-hydrogen) atoms. The van der Waals surface area contributed by atoms with Gasteiger partial charge in [0.2, 0.25) is 0 Å². The number of nitrogens with zero attached hydrogens (tertiary/aromatic N) is 1. The molecule has 0 aromatic heterocycles. The van der Waals surface area contributed by atoms with Crippen LogP contribution in [-0.2, 0) is 9.84 Å². The molecule has 0 aliphatic heterocycles. The van der Waals surface area contributed by atoms with E-state index in [0.29, 0.717) is 0 Å². The molecule has 2 aromatic rings. The van der Waals surface area contributed by atoms with Crippen LogP contribution in [0.1, 0.15) is 23.3 Å². The first-order valence-corrected chi connectivity index (χ1v) is 7.92. The first-order valence-electron chi connectivity index (χ1n) is 6.38. The molecule has 0 saturated heterocycles. The van der Waals surface area contributed by atoms with Gasteiger partial charge in [0.15, 0.2) is 9.84 Å². The summed E-state index contributed by atoms with van der Waals surface area (Å²) in [5, 5.41) is 10.1. The molecule has 0 aliphatic carbocycles. The summed E-state index contributed by atoms with van der Waals surface area (Å²) in [4.78, 5) is 10.7. The Labute approximate surface area is 123 Å². The van der Waals surface area contributed by atoms with E-state index in [1.54, 1.807) is 18.2 Å². The number of nitro benzene ring substituents is 1. The van der Waals surface area contributed by atoms with Gasteiger partial charge in [0.05, 0.1) is 15.1 Å². The van der Waals surface area contributed by atoms with Crippen molar-refractivity contribution in [2.45, 2.75) is 24.0 Å². The Hall–Kier alpha value is -2.21. The van der Waals surface area contributed by atoms with Gasteiger partial charge < -0.3 is 0 Å². The van der Waals surface area contributed by atoms with Gasteiger partial charge in [-0.1, -0.05) is 35.9 Å². The van der Waals surface area contributed by atoms with Gasteiger partial charge in [-0.2, -0.15) is 0 Å². The highest BCUT2D eigenvalue weighted by molar-refractivity contribution is 7.91. The van der Waals surface area contributed by atoms with Crippen LogP contribution in [0.4, 0.5) is 5.69 Å². The van der Waals surface area contributed by atoms with Crippen molar-refractivity contribution >= 4 is 15.5 Å². The molecular weight excluding hydrogens is 290 g/mol. The van der Waals surface area contributed by atoms with Gasteiger partial charge in [-0.25, -0.2) is 8.42 Å². The Kier molecular flexibility index (Phi) is 4.09. The molecule has 2 aromatic carbocycles. The van der Waals surface area contributed by atoms with Gasteiger partial charge in [0, 0.05) is 11.6 Å². The van der Waals surface area contributed by atoms with Crippen molar-refractivity contribution in [3.63, 3.8) is 0 Å². The lowest BCUT2D eigenvalue weighted by Gasteiger charge is -2.13. The summed E-state index contributed by atoms with van der Waals surface area (Å²) >= 11 is 0. The van der Waals surface area contributed by atoms with E-state index >= 15 is 0 Å². The molecule has 0 spiro atoms. The Morgan fingerprint density at radius 3 is 2.19 bits per heavy atom. The zero-order valence-corrected chi connectivity index (χ0v) is 12.5. The molecule has 0 aliphatic rings. The highest BCUT2D eigenvalue weighted by Crippen LogP contribution is 2.33. The summed E-state index contributed by atoms with van der Waals surface area (Å²) in [6, 6.07) is 12.4. The molecule has 0 bridgehead atoms. The molecule has 6 heteroatoms. The van der Waals surface area contributed by atoms with E-state index in [0.717, 1.165) is 5.56 Å². The lowest BCUT2D eigenvalue weighted by atomic mass is 10.1. The molecule has 110 valence electrons. The third-order valence-corrected chi connectivity index (χ3v) is 5.50. The van der Waals surface area contributed by atoms with Gasteiger partial charge in [-0.05, 0) is 26.0 Å². The zero-order valence-electron chi connectivity index (χ0n) is 11.7. The minimum absolute atomic E-state index is 0.166. The molecule has 0 unspecified atom stereocenters. The molecule has 0 radical (unpaired) electrons. The van der Waals surface area contributed by atoms with Gasteiger partial charge in [0.25, 0.3) is 5.69 Å². The third-order valence-electron chi connectivity index (χ3n) is 3.39. The van der Waals surface area contributed by atoms with E-state index in [1.165, 1.54) is 37.3 Å². The van der Waals surface area contributed by atoms with E-state index in [1.807, 2.05) is 6.92 Å². The fourth-order valence-corrected chi connectivity index (χ4v) is 3.55. The summed E-state index contributed by atoms with van der Waals surface area (Å²) in [5.41, 5.74) is 0.969. The first-order chi connectivity index (χ1) is 9.84. The highest BCUT2D eigenvalue weighted by atomic mass is 32.2. The van der Waals surface area contributed by atoms with Crippen molar-refractivity contribution in [3.05, 3.63) is 69.8 Å². The maximum atomic E-state index is 12.6. The molecule has 0 fully saturated rings. The monoisotopic (exact) mass is 305 g/mol. The second kappa shape index (κ2) is 5.65. The summed E-state index contributed by atoms with van der Waals surface area (Å²) in [6.07, 6.45) is 0. The number of hydrogen-bond donors (Lipinski definition) is 0. The van der Waals surface area contributed by atoms with Crippen molar-refractivity contribution in [2.75, 3.05) is 0 Å². The minimum atomic E-state index is -3.67. The number of sulfone groups is 1. The fourth-order valence-electron chi connectivity index (χ4n) is 2.10. The van der Waals surface area contributed by atoms with Crippen molar-refractivity contribution in [1.82, 2.24) is 0 Å². The molecule has 5 nitrogen and oxygen atoms in total. The van der Waals surface area contributed by atoms with E-state index in [9.17, 15) is 18.5 Å². The Morgan fingerprint density at radius 2 is 1.62 bits per heavy atom. The van der Waals surface area contributed by atoms with Gasteiger partial charge in [-0.3, -0.25) is 10.1 Å². The number of nitro groups is 1. The second-order valence-electron chi connectivity index (χ2n) is 4.82.